The van der Waals surface area contributed by atoms with E-state index >= 15 is 0 Å². The van der Waals surface area contributed by atoms with E-state index < -0.39 is 11.7 Å². The van der Waals surface area contributed by atoms with E-state index in [-0.39, 0.29) is 29.5 Å². The maximum atomic E-state index is 13.9. The fourth-order valence-corrected chi connectivity index (χ4v) is 3.05. The number of ether oxygens (including phenoxy) is 2. The number of nitrogens with one attached hydrogen (secondary N) is 2. The molecule has 2 N–H and O–H groups in total. The lowest BCUT2D eigenvalue weighted by molar-refractivity contribution is -0.118. The van der Waals surface area contributed by atoms with Crippen LogP contribution in [0, 0.1) is 5.82 Å². The van der Waals surface area contributed by atoms with E-state index in [1.54, 1.807) is 48.5 Å². The molecule has 0 heterocycles. The van der Waals surface area contributed by atoms with Crippen molar-refractivity contribution in [2.75, 3.05) is 24.4 Å². The molecule has 160 valence electrons. The first-order valence-electron chi connectivity index (χ1n) is 9.34. The first-order chi connectivity index (χ1) is 15.0. The summed E-state index contributed by atoms with van der Waals surface area (Å²) in [5.74, 6) is -0.385. The first kappa shape index (κ1) is 22.1. The lowest BCUT2D eigenvalue weighted by atomic mass is 10.1. The lowest BCUT2D eigenvalue weighted by Crippen LogP contribution is -2.20. The number of hydrogen-bond donors (Lipinski definition) is 2. The van der Waals surface area contributed by atoms with Gasteiger partial charge >= 0.3 is 0 Å². The van der Waals surface area contributed by atoms with E-state index in [4.69, 9.17) is 21.1 Å². The number of methoxy groups -OCH3 is 1. The van der Waals surface area contributed by atoms with E-state index in [2.05, 4.69) is 10.6 Å². The molecule has 2 amide bonds. The van der Waals surface area contributed by atoms with Crippen LogP contribution in [-0.4, -0.2) is 25.5 Å². The van der Waals surface area contributed by atoms with Crippen LogP contribution in [0.3, 0.4) is 0 Å². The third kappa shape index (κ3) is 6.20. The van der Waals surface area contributed by atoms with Crippen LogP contribution in [0.4, 0.5) is 15.8 Å². The summed E-state index contributed by atoms with van der Waals surface area (Å²) in [6.07, 6.45) is -0.213. The summed E-state index contributed by atoms with van der Waals surface area (Å²) in [5.41, 5.74) is 1.04. The van der Waals surface area contributed by atoms with Gasteiger partial charge in [-0.1, -0.05) is 35.9 Å². The Hall–Kier alpha value is -3.58. The van der Waals surface area contributed by atoms with Gasteiger partial charge in [0.1, 0.15) is 5.82 Å². The van der Waals surface area contributed by atoms with Crippen molar-refractivity contribution in [3.05, 3.63) is 83.1 Å². The average Bonchev–Trinajstić information content (AvgIpc) is 2.75. The van der Waals surface area contributed by atoms with E-state index in [9.17, 15) is 14.0 Å². The van der Waals surface area contributed by atoms with Crippen LogP contribution in [0.15, 0.2) is 66.7 Å². The maximum absolute atomic E-state index is 13.9. The van der Waals surface area contributed by atoms with Gasteiger partial charge in [0.15, 0.2) is 18.1 Å². The molecule has 0 fully saturated rings. The summed E-state index contributed by atoms with van der Waals surface area (Å²) in [5, 5.41) is 5.55. The molecule has 8 heteroatoms. The zero-order valence-electron chi connectivity index (χ0n) is 16.7. The third-order valence-corrected chi connectivity index (χ3v) is 4.61. The predicted molar refractivity (Wildman–Crippen MR) is 117 cm³/mol. The van der Waals surface area contributed by atoms with Gasteiger partial charge < -0.3 is 20.1 Å². The number of hydrogen-bond acceptors (Lipinski definition) is 4. The summed E-state index contributed by atoms with van der Waals surface area (Å²) in [6.45, 7) is -0.220. The molecule has 0 aliphatic carbocycles. The highest BCUT2D eigenvalue weighted by Gasteiger charge is 2.13. The normalized spacial score (nSPS) is 10.3. The number of para-hydroxylation sites is 2. The van der Waals surface area contributed by atoms with E-state index in [0.29, 0.717) is 22.9 Å². The second kappa shape index (κ2) is 10.4. The Labute approximate surface area is 183 Å². The van der Waals surface area contributed by atoms with Crippen LogP contribution in [0.5, 0.6) is 11.5 Å². The Morgan fingerprint density at radius 1 is 0.903 bits per heavy atom. The molecule has 0 aliphatic rings. The number of anilines is 2. The summed E-state index contributed by atoms with van der Waals surface area (Å²) in [6, 6.07) is 17.8. The second-order valence-corrected chi connectivity index (χ2v) is 6.90. The molecule has 0 saturated carbocycles. The molecule has 0 bridgehead atoms. The molecule has 31 heavy (non-hydrogen) atoms. The van der Waals surface area contributed by atoms with E-state index in [1.165, 1.54) is 25.3 Å². The van der Waals surface area contributed by atoms with Crippen molar-refractivity contribution >= 4 is 34.8 Å². The van der Waals surface area contributed by atoms with Gasteiger partial charge in [0.05, 0.1) is 13.5 Å². The smallest absolute Gasteiger partial charge is 0.262 e. The Balaban J connectivity index is 1.57. The van der Waals surface area contributed by atoms with Crippen molar-refractivity contribution in [2.45, 2.75) is 6.42 Å². The molecular weight excluding hydrogens is 423 g/mol. The van der Waals surface area contributed by atoms with Crippen molar-refractivity contribution in [3.63, 3.8) is 0 Å². The molecule has 0 saturated heterocycles. The van der Waals surface area contributed by atoms with Gasteiger partial charge in [-0.2, -0.15) is 0 Å². The van der Waals surface area contributed by atoms with Crippen LogP contribution in [0.2, 0.25) is 5.02 Å². The fraction of sp³-hybridized carbons (Fsp3) is 0.130. The molecular formula is C23H20ClFN2O4. The lowest BCUT2D eigenvalue weighted by Gasteiger charge is -2.12. The molecule has 3 aromatic carbocycles. The minimum atomic E-state index is -0.543. The van der Waals surface area contributed by atoms with Crippen molar-refractivity contribution in [3.8, 4) is 11.5 Å². The molecule has 0 unspecified atom stereocenters. The predicted octanol–water partition coefficient (Wildman–Crippen LogP) is 4.69. The number of amides is 2. The Kier molecular flexibility index (Phi) is 7.45. The molecule has 0 aliphatic heterocycles. The number of rotatable bonds is 8. The number of carbonyl (C=O) groups excluding carboxylic acids is 2. The van der Waals surface area contributed by atoms with Crippen LogP contribution in [0.25, 0.3) is 0 Å². The summed E-state index contributed by atoms with van der Waals surface area (Å²) in [7, 11) is 1.52. The highest BCUT2D eigenvalue weighted by atomic mass is 35.5. The van der Waals surface area contributed by atoms with E-state index in [1.807, 2.05) is 0 Å². The Morgan fingerprint density at radius 2 is 1.55 bits per heavy atom. The minimum Gasteiger partial charge on any atom is -0.493 e. The molecule has 3 aromatic rings. The highest BCUT2D eigenvalue weighted by molar-refractivity contribution is 6.31. The zero-order chi connectivity index (χ0) is 22.2. The van der Waals surface area contributed by atoms with Gasteiger partial charge in [-0.3, -0.25) is 9.59 Å². The van der Waals surface area contributed by atoms with Crippen molar-refractivity contribution in [1.29, 1.82) is 0 Å². The van der Waals surface area contributed by atoms with Gasteiger partial charge in [-0.15, -0.1) is 0 Å². The fourth-order valence-electron chi connectivity index (χ4n) is 2.82. The van der Waals surface area contributed by atoms with Crippen molar-refractivity contribution < 1.29 is 23.5 Å². The van der Waals surface area contributed by atoms with Gasteiger partial charge in [0.2, 0.25) is 5.91 Å². The quantitative estimate of drug-likeness (QED) is 0.530. The van der Waals surface area contributed by atoms with Crippen molar-refractivity contribution in [2.24, 2.45) is 0 Å². The minimum absolute atomic E-state index is 0.125. The Morgan fingerprint density at radius 3 is 2.23 bits per heavy atom. The third-order valence-electron chi connectivity index (χ3n) is 4.26. The van der Waals surface area contributed by atoms with Crippen LogP contribution in [-0.2, 0) is 16.0 Å². The topological polar surface area (TPSA) is 76.7 Å². The van der Waals surface area contributed by atoms with Gasteiger partial charge in [-0.25, -0.2) is 4.39 Å². The SMILES string of the molecule is COc1ccccc1OCC(=O)Nc1cccc(NC(=O)Cc2c(F)cccc2Cl)c1. The molecule has 0 aromatic heterocycles. The molecule has 0 atom stereocenters. The molecule has 0 radical (unpaired) electrons. The number of carbonyl (C=O) groups is 2. The van der Waals surface area contributed by atoms with Crippen LogP contribution in [0.1, 0.15) is 5.56 Å². The molecule has 6 nitrogen and oxygen atoms in total. The maximum Gasteiger partial charge on any atom is 0.262 e. The largest absolute Gasteiger partial charge is 0.493 e. The van der Waals surface area contributed by atoms with Gasteiger partial charge in [-0.05, 0) is 42.5 Å². The summed E-state index contributed by atoms with van der Waals surface area (Å²) >= 11 is 5.96. The first-order valence-corrected chi connectivity index (χ1v) is 9.72. The van der Waals surface area contributed by atoms with Crippen LogP contribution >= 0.6 is 11.6 Å². The van der Waals surface area contributed by atoms with Crippen LogP contribution < -0.4 is 20.1 Å². The van der Waals surface area contributed by atoms with E-state index in [0.717, 1.165) is 0 Å². The van der Waals surface area contributed by atoms with Crippen molar-refractivity contribution in [1.82, 2.24) is 0 Å². The standard InChI is InChI=1S/C23H20ClFN2O4/c1-30-20-10-2-3-11-21(20)31-14-23(29)27-16-7-4-6-15(12-16)26-22(28)13-17-18(24)8-5-9-19(17)25/h2-12H,13-14H2,1H3,(H,26,28)(H,27,29). The highest BCUT2D eigenvalue weighted by Crippen LogP contribution is 2.26. The monoisotopic (exact) mass is 442 g/mol. The molecule has 0 spiro atoms. The van der Waals surface area contributed by atoms with Gasteiger partial charge in [0.25, 0.3) is 5.91 Å². The second-order valence-electron chi connectivity index (χ2n) is 6.49. The van der Waals surface area contributed by atoms with Gasteiger partial charge in [0, 0.05) is 22.0 Å². The Bertz CT molecular complexity index is 1070. The average molecular weight is 443 g/mol. The summed E-state index contributed by atoms with van der Waals surface area (Å²) < 4.78 is 24.5. The number of halogens is 2. The number of benzene rings is 3. The molecule has 3 rings (SSSR count). The zero-order valence-corrected chi connectivity index (χ0v) is 17.4. The summed E-state index contributed by atoms with van der Waals surface area (Å²) in [4.78, 5) is 24.5.